The van der Waals surface area contributed by atoms with E-state index in [1.807, 2.05) is 0 Å². The van der Waals surface area contributed by atoms with Crippen LogP contribution in [-0.2, 0) is 14.4 Å². The van der Waals surface area contributed by atoms with E-state index in [4.69, 9.17) is 15.3 Å². The maximum atomic E-state index is 10.3. The van der Waals surface area contributed by atoms with Crippen molar-refractivity contribution >= 4 is 17.9 Å². The quantitative estimate of drug-likeness (QED) is 0.0419. The van der Waals surface area contributed by atoms with Crippen LogP contribution in [-0.4, -0.2) is 33.2 Å². The highest BCUT2D eigenvalue weighted by Crippen LogP contribution is 2.15. The van der Waals surface area contributed by atoms with Gasteiger partial charge in [-0.1, -0.05) is 238 Å². The third kappa shape index (κ3) is 66.9. The lowest BCUT2D eigenvalue weighted by Crippen LogP contribution is -1.93. The molecule has 0 saturated heterocycles. The summed E-state index contributed by atoms with van der Waals surface area (Å²) in [6, 6.07) is 0. The van der Waals surface area contributed by atoms with Crippen LogP contribution in [0.15, 0.2) is 12.2 Å². The number of aliphatic carboxylic acids is 3. The van der Waals surface area contributed by atoms with Gasteiger partial charge in [0.1, 0.15) is 0 Å². The van der Waals surface area contributed by atoms with Crippen molar-refractivity contribution in [1.82, 2.24) is 0 Å². The summed E-state index contributed by atoms with van der Waals surface area (Å²) >= 11 is 0. The van der Waals surface area contributed by atoms with E-state index >= 15 is 0 Å². The van der Waals surface area contributed by atoms with Crippen molar-refractivity contribution in [3.63, 3.8) is 0 Å². The first-order chi connectivity index (χ1) is 27.3. The molecule has 0 atom stereocenters. The number of hydrogen-bond donors (Lipinski definition) is 3. The molecule has 6 heteroatoms. The molecule has 0 bridgehead atoms. The molecule has 0 aliphatic heterocycles. The minimum absolute atomic E-state index is 0.332. The molecule has 0 aliphatic rings. The lowest BCUT2D eigenvalue weighted by atomic mass is 10.0. The van der Waals surface area contributed by atoms with Gasteiger partial charge < -0.3 is 15.3 Å². The fourth-order valence-electron chi connectivity index (χ4n) is 6.93. The second kappa shape index (κ2) is 55.2. The molecule has 0 heterocycles. The van der Waals surface area contributed by atoms with Crippen LogP contribution >= 0.6 is 0 Å². The number of allylic oxidation sites excluding steroid dienone is 2. The third-order valence-electron chi connectivity index (χ3n) is 10.6. The highest BCUT2D eigenvalue weighted by Gasteiger charge is 1.99. The van der Waals surface area contributed by atoms with Crippen LogP contribution in [0, 0.1) is 0 Å². The predicted molar refractivity (Wildman–Crippen MR) is 243 cm³/mol. The van der Waals surface area contributed by atoms with Crippen molar-refractivity contribution in [3.8, 4) is 0 Å². The fraction of sp³-hybridized carbons (Fsp3) is 0.900. The highest BCUT2D eigenvalue weighted by atomic mass is 16.4. The Morgan fingerprint density at radius 3 is 0.607 bits per heavy atom. The first-order valence-corrected chi connectivity index (χ1v) is 24.6. The van der Waals surface area contributed by atoms with Gasteiger partial charge in [-0.05, 0) is 44.9 Å². The van der Waals surface area contributed by atoms with Crippen LogP contribution in [0.3, 0.4) is 0 Å². The van der Waals surface area contributed by atoms with E-state index < -0.39 is 17.9 Å². The summed E-state index contributed by atoms with van der Waals surface area (Å²) < 4.78 is 0. The van der Waals surface area contributed by atoms with Crippen LogP contribution in [0.4, 0.5) is 0 Å². The summed E-state index contributed by atoms with van der Waals surface area (Å²) in [5.41, 5.74) is 0. The Labute approximate surface area is 349 Å². The molecule has 3 N–H and O–H groups in total. The first kappa shape index (κ1) is 58.5. The molecule has 334 valence electrons. The first-order valence-electron chi connectivity index (χ1n) is 24.6. The summed E-state index contributed by atoms with van der Waals surface area (Å²) in [5.74, 6) is -1.97. The lowest BCUT2D eigenvalue weighted by Gasteiger charge is -2.03. The van der Waals surface area contributed by atoms with E-state index in [-0.39, 0.29) is 0 Å². The third-order valence-corrected chi connectivity index (χ3v) is 10.6. The number of rotatable bonds is 43. The average Bonchev–Trinajstić information content (AvgIpc) is 3.17. The molecule has 0 amide bonds. The number of carboxylic acids is 3. The molecule has 0 aliphatic carbocycles. The Bertz CT molecular complexity index is 794. The molecule has 0 saturated carbocycles. The Balaban J connectivity index is -0.000000758. The lowest BCUT2D eigenvalue weighted by molar-refractivity contribution is -0.138. The van der Waals surface area contributed by atoms with E-state index in [1.165, 1.54) is 212 Å². The maximum Gasteiger partial charge on any atom is 0.303 e. The van der Waals surface area contributed by atoms with Crippen molar-refractivity contribution in [2.24, 2.45) is 0 Å². The van der Waals surface area contributed by atoms with E-state index in [9.17, 15) is 14.4 Å². The smallest absolute Gasteiger partial charge is 0.303 e. The molecule has 0 aromatic rings. The molecule has 56 heavy (non-hydrogen) atoms. The average molecular weight is 795 g/mol. The van der Waals surface area contributed by atoms with Crippen molar-refractivity contribution in [2.45, 2.75) is 290 Å². The monoisotopic (exact) mass is 795 g/mol. The topological polar surface area (TPSA) is 112 Å². The van der Waals surface area contributed by atoms with Crippen molar-refractivity contribution in [3.05, 3.63) is 12.2 Å². The summed E-state index contributed by atoms with van der Waals surface area (Å²) in [4.78, 5) is 30.9. The van der Waals surface area contributed by atoms with Gasteiger partial charge in [0.25, 0.3) is 0 Å². The summed E-state index contributed by atoms with van der Waals surface area (Å²) in [7, 11) is 0. The predicted octanol–water partition coefficient (Wildman–Crippen LogP) is 17.2. The normalized spacial score (nSPS) is 10.9. The summed E-state index contributed by atoms with van der Waals surface area (Å²) in [5, 5.41) is 25.5. The minimum Gasteiger partial charge on any atom is -0.481 e. The van der Waals surface area contributed by atoms with E-state index in [0.29, 0.717) is 19.3 Å². The van der Waals surface area contributed by atoms with Crippen molar-refractivity contribution < 1.29 is 29.7 Å². The largest absolute Gasteiger partial charge is 0.481 e. The molecular weight excluding hydrogens is 697 g/mol. The molecule has 0 spiro atoms. The number of carboxylic acid groups (broad SMARTS) is 3. The molecule has 0 fully saturated rings. The molecule has 6 nitrogen and oxygen atoms in total. The highest BCUT2D eigenvalue weighted by molar-refractivity contribution is 5.67. The second-order valence-electron chi connectivity index (χ2n) is 16.5. The minimum atomic E-state index is -0.664. The van der Waals surface area contributed by atoms with E-state index in [1.54, 1.807) is 0 Å². The van der Waals surface area contributed by atoms with Gasteiger partial charge in [-0.15, -0.1) is 0 Å². The van der Waals surface area contributed by atoms with E-state index in [2.05, 4.69) is 32.9 Å². The summed E-state index contributed by atoms with van der Waals surface area (Å²) in [6.07, 6.45) is 55.8. The molecular formula is C50H98O6. The SMILES string of the molecule is CCCCCCCC/C=C\CCCCCCCC(=O)O.CCCCCCCCCCCCCC(=O)O.CCCCCCCCCCCCCCCCCC(=O)O. The van der Waals surface area contributed by atoms with Gasteiger partial charge in [0.15, 0.2) is 0 Å². The Kier molecular flexibility index (Phi) is 57.7. The van der Waals surface area contributed by atoms with Crippen LogP contribution in [0.2, 0.25) is 0 Å². The van der Waals surface area contributed by atoms with Crippen LogP contribution in [0.5, 0.6) is 0 Å². The van der Waals surface area contributed by atoms with Crippen LogP contribution in [0.25, 0.3) is 0 Å². The molecule has 0 aromatic heterocycles. The van der Waals surface area contributed by atoms with Crippen molar-refractivity contribution in [1.29, 1.82) is 0 Å². The van der Waals surface area contributed by atoms with Gasteiger partial charge in [0.2, 0.25) is 0 Å². The van der Waals surface area contributed by atoms with E-state index in [0.717, 1.165) is 38.5 Å². The molecule has 0 radical (unpaired) electrons. The Morgan fingerprint density at radius 1 is 0.268 bits per heavy atom. The molecule has 0 aromatic carbocycles. The summed E-state index contributed by atoms with van der Waals surface area (Å²) in [6.45, 7) is 6.78. The Morgan fingerprint density at radius 2 is 0.429 bits per heavy atom. The number of unbranched alkanes of at least 4 members (excludes halogenated alkanes) is 35. The van der Waals surface area contributed by atoms with Gasteiger partial charge in [-0.2, -0.15) is 0 Å². The van der Waals surface area contributed by atoms with Gasteiger partial charge in [-0.3, -0.25) is 14.4 Å². The van der Waals surface area contributed by atoms with Crippen molar-refractivity contribution in [2.75, 3.05) is 0 Å². The number of hydrogen-bond acceptors (Lipinski definition) is 3. The van der Waals surface area contributed by atoms with Crippen LogP contribution in [0.1, 0.15) is 290 Å². The second-order valence-corrected chi connectivity index (χ2v) is 16.5. The standard InChI is InChI=1S/C18H36O2.C18H34O2.C14H28O2/c2*1-2-3-4-5-6-7-8-9-10-11-12-13-14-15-16-17-18(19)20;1-2-3-4-5-6-7-8-9-10-11-12-13-14(15)16/h2-17H2,1H3,(H,19,20);9-10H,2-8,11-17H2,1H3,(H,19,20);2-13H2,1H3,(H,15,16)/b;10-9-;. The number of carbonyl (C=O) groups is 3. The van der Waals surface area contributed by atoms with Gasteiger partial charge in [0, 0.05) is 19.3 Å². The maximum absolute atomic E-state index is 10.3. The zero-order valence-corrected chi connectivity index (χ0v) is 37.9. The molecule has 0 unspecified atom stereocenters. The van der Waals surface area contributed by atoms with Gasteiger partial charge in [-0.25, -0.2) is 0 Å². The zero-order valence-electron chi connectivity index (χ0n) is 37.9. The molecule has 0 rings (SSSR count). The zero-order chi connectivity index (χ0) is 41.8. The van der Waals surface area contributed by atoms with Gasteiger partial charge >= 0.3 is 17.9 Å². The van der Waals surface area contributed by atoms with Gasteiger partial charge in [0.05, 0.1) is 0 Å². The fourth-order valence-corrected chi connectivity index (χ4v) is 6.93. The Hall–Kier alpha value is -1.85. The van der Waals surface area contributed by atoms with Crippen LogP contribution < -0.4 is 0 Å².